The second-order valence-electron chi connectivity index (χ2n) is 3.53. The summed E-state index contributed by atoms with van der Waals surface area (Å²) in [5.74, 6) is -0.425. The Morgan fingerprint density at radius 2 is 2.19 bits per heavy atom. The predicted molar refractivity (Wildman–Crippen MR) is 61.4 cm³/mol. The van der Waals surface area contributed by atoms with Crippen LogP contribution in [0.3, 0.4) is 0 Å². The molecule has 0 heterocycles. The van der Waals surface area contributed by atoms with Crippen molar-refractivity contribution in [1.29, 1.82) is 0 Å². The van der Waals surface area contributed by atoms with Crippen molar-refractivity contribution in [3.63, 3.8) is 0 Å². The molecular weight excluding hydrogens is 209 g/mol. The second-order valence-corrected chi connectivity index (χ2v) is 3.53. The Labute approximate surface area is 94.5 Å². The van der Waals surface area contributed by atoms with E-state index in [-0.39, 0.29) is 6.61 Å². The maximum absolute atomic E-state index is 12.9. The quantitative estimate of drug-likeness (QED) is 0.751. The first kappa shape index (κ1) is 12.6. The first-order chi connectivity index (χ1) is 7.72. The van der Waals surface area contributed by atoms with Gasteiger partial charge in [0.25, 0.3) is 0 Å². The van der Waals surface area contributed by atoms with Gasteiger partial charge in [0.2, 0.25) is 0 Å². The van der Waals surface area contributed by atoms with Gasteiger partial charge in [-0.2, -0.15) is 0 Å². The van der Waals surface area contributed by atoms with Crippen LogP contribution in [-0.4, -0.2) is 31.1 Å². The van der Waals surface area contributed by atoms with Gasteiger partial charge < -0.3 is 10.0 Å². The topological polar surface area (TPSA) is 40.5 Å². The van der Waals surface area contributed by atoms with E-state index in [9.17, 15) is 9.18 Å². The van der Waals surface area contributed by atoms with E-state index in [1.165, 1.54) is 12.1 Å². The van der Waals surface area contributed by atoms with Gasteiger partial charge in [-0.05, 0) is 24.6 Å². The molecule has 0 saturated heterocycles. The lowest BCUT2D eigenvalue weighted by atomic mass is 10.1. The number of nitrogens with zero attached hydrogens (tertiary/aromatic N) is 1. The first-order valence-electron chi connectivity index (χ1n) is 5.33. The number of aldehydes is 1. The summed E-state index contributed by atoms with van der Waals surface area (Å²) in [6.45, 7) is 3.19. The van der Waals surface area contributed by atoms with Crippen molar-refractivity contribution < 1.29 is 14.3 Å². The van der Waals surface area contributed by atoms with E-state index < -0.39 is 5.82 Å². The minimum absolute atomic E-state index is 0.00960. The highest BCUT2D eigenvalue weighted by atomic mass is 19.1. The number of hydrogen-bond acceptors (Lipinski definition) is 3. The summed E-state index contributed by atoms with van der Waals surface area (Å²) >= 11 is 0. The molecule has 1 aromatic carbocycles. The molecule has 88 valence electrons. The third kappa shape index (κ3) is 3.03. The highest BCUT2D eigenvalue weighted by molar-refractivity contribution is 5.84. The van der Waals surface area contributed by atoms with E-state index in [0.29, 0.717) is 24.1 Å². The van der Waals surface area contributed by atoms with E-state index in [2.05, 4.69) is 0 Å². The van der Waals surface area contributed by atoms with Crippen LogP contribution < -0.4 is 4.90 Å². The van der Waals surface area contributed by atoms with Crippen molar-refractivity contribution in [2.75, 3.05) is 24.6 Å². The molecule has 3 nitrogen and oxygen atoms in total. The zero-order valence-corrected chi connectivity index (χ0v) is 9.32. The van der Waals surface area contributed by atoms with E-state index in [0.717, 1.165) is 13.0 Å². The summed E-state index contributed by atoms with van der Waals surface area (Å²) in [6, 6.07) is 4.11. The van der Waals surface area contributed by atoms with Gasteiger partial charge in [-0.1, -0.05) is 6.92 Å². The third-order valence-corrected chi connectivity index (χ3v) is 2.32. The zero-order valence-electron chi connectivity index (χ0n) is 9.32. The van der Waals surface area contributed by atoms with Crippen LogP contribution in [0.25, 0.3) is 0 Å². The third-order valence-electron chi connectivity index (χ3n) is 2.32. The largest absolute Gasteiger partial charge is 0.395 e. The Balaban J connectivity index is 3.02. The Kier molecular flexibility index (Phi) is 4.92. The monoisotopic (exact) mass is 225 g/mol. The number of anilines is 1. The smallest absolute Gasteiger partial charge is 0.152 e. The summed E-state index contributed by atoms with van der Waals surface area (Å²) < 4.78 is 12.9. The Morgan fingerprint density at radius 3 is 2.75 bits per heavy atom. The molecule has 4 heteroatoms. The van der Waals surface area contributed by atoms with Crippen LogP contribution in [0.4, 0.5) is 10.1 Å². The van der Waals surface area contributed by atoms with E-state index >= 15 is 0 Å². The lowest BCUT2D eigenvalue weighted by Crippen LogP contribution is -2.28. The van der Waals surface area contributed by atoms with Crippen LogP contribution in [0.1, 0.15) is 23.7 Å². The van der Waals surface area contributed by atoms with Crippen molar-refractivity contribution in [3.05, 3.63) is 29.6 Å². The fraction of sp³-hybridized carbons (Fsp3) is 0.417. The number of benzene rings is 1. The molecule has 1 aromatic rings. The minimum Gasteiger partial charge on any atom is -0.395 e. The number of carbonyl (C=O) groups excluding carboxylic acids is 1. The number of carbonyl (C=O) groups is 1. The Morgan fingerprint density at radius 1 is 1.44 bits per heavy atom. The highest BCUT2D eigenvalue weighted by Crippen LogP contribution is 2.20. The maximum Gasteiger partial charge on any atom is 0.152 e. The van der Waals surface area contributed by atoms with Crippen LogP contribution in [0.2, 0.25) is 0 Å². The fourth-order valence-electron chi connectivity index (χ4n) is 1.65. The van der Waals surface area contributed by atoms with Crippen molar-refractivity contribution in [2.45, 2.75) is 13.3 Å². The number of halogens is 1. The highest BCUT2D eigenvalue weighted by Gasteiger charge is 2.10. The predicted octanol–water partition coefficient (Wildman–Crippen LogP) is 1.85. The van der Waals surface area contributed by atoms with Gasteiger partial charge in [-0.25, -0.2) is 4.39 Å². The van der Waals surface area contributed by atoms with Crippen LogP contribution in [0.15, 0.2) is 18.2 Å². The number of aliphatic hydroxyl groups excluding tert-OH is 1. The van der Waals surface area contributed by atoms with Crippen LogP contribution in [0, 0.1) is 5.82 Å². The molecule has 0 unspecified atom stereocenters. The molecule has 0 amide bonds. The fourth-order valence-corrected chi connectivity index (χ4v) is 1.65. The molecule has 0 fully saturated rings. The molecular formula is C12H16FNO2. The van der Waals surface area contributed by atoms with Crippen molar-refractivity contribution >= 4 is 12.0 Å². The SMILES string of the molecule is CCCN(CCO)c1ccc(F)cc1C=O. The Bertz CT molecular complexity index is 349. The molecule has 0 aromatic heterocycles. The second kappa shape index (κ2) is 6.23. The standard InChI is InChI=1S/C12H16FNO2/c1-2-5-14(6-7-15)12-4-3-11(13)8-10(12)9-16/h3-4,8-9,15H,2,5-7H2,1H3. The van der Waals surface area contributed by atoms with Crippen molar-refractivity contribution in [2.24, 2.45) is 0 Å². The van der Waals surface area contributed by atoms with Gasteiger partial charge in [0.05, 0.1) is 6.61 Å². The molecule has 0 aliphatic carbocycles. The molecule has 1 N–H and O–H groups in total. The molecule has 1 rings (SSSR count). The molecule has 0 aliphatic heterocycles. The summed E-state index contributed by atoms with van der Waals surface area (Å²) in [4.78, 5) is 12.7. The summed E-state index contributed by atoms with van der Waals surface area (Å²) in [5, 5.41) is 8.94. The normalized spacial score (nSPS) is 10.2. The number of rotatable bonds is 6. The minimum atomic E-state index is -0.425. The molecule has 0 bridgehead atoms. The molecule has 0 aliphatic rings. The Hall–Kier alpha value is -1.42. The first-order valence-corrected chi connectivity index (χ1v) is 5.33. The molecule has 0 radical (unpaired) electrons. The maximum atomic E-state index is 12.9. The van der Waals surface area contributed by atoms with E-state index in [1.807, 2.05) is 11.8 Å². The van der Waals surface area contributed by atoms with Gasteiger partial charge in [0.15, 0.2) is 6.29 Å². The summed E-state index contributed by atoms with van der Waals surface area (Å²) in [6.07, 6.45) is 1.54. The lowest BCUT2D eigenvalue weighted by molar-refractivity contribution is 0.112. The van der Waals surface area contributed by atoms with Crippen LogP contribution >= 0.6 is 0 Å². The van der Waals surface area contributed by atoms with Gasteiger partial charge in [0.1, 0.15) is 5.82 Å². The van der Waals surface area contributed by atoms with Gasteiger partial charge >= 0.3 is 0 Å². The average molecular weight is 225 g/mol. The molecule has 16 heavy (non-hydrogen) atoms. The van der Waals surface area contributed by atoms with Gasteiger partial charge in [-0.3, -0.25) is 4.79 Å². The number of aliphatic hydroxyl groups is 1. The molecule has 0 spiro atoms. The number of hydrogen-bond donors (Lipinski definition) is 1. The molecule has 0 saturated carbocycles. The zero-order chi connectivity index (χ0) is 12.0. The molecule has 0 atom stereocenters. The summed E-state index contributed by atoms with van der Waals surface area (Å²) in [7, 11) is 0. The van der Waals surface area contributed by atoms with Crippen LogP contribution in [0.5, 0.6) is 0 Å². The van der Waals surface area contributed by atoms with Crippen molar-refractivity contribution in [1.82, 2.24) is 0 Å². The lowest BCUT2D eigenvalue weighted by Gasteiger charge is -2.24. The average Bonchev–Trinajstić information content (AvgIpc) is 2.28. The van der Waals surface area contributed by atoms with E-state index in [4.69, 9.17) is 5.11 Å². The van der Waals surface area contributed by atoms with Crippen molar-refractivity contribution in [3.8, 4) is 0 Å². The van der Waals surface area contributed by atoms with Gasteiger partial charge in [-0.15, -0.1) is 0 Å². The van der Waals surface area contributed by atoms with E-state index in [1.54, 1.807) is 6.07 Å². The summed E-state index contributed by atoms with van der Waals surface area (Å²) in [5.41, 5.74) is 0.995. The van der Waals surface area contributed by atoms with Crippen LogP contribution in [-0.2, 0) is 0 Å². The van der Waals surface area contributed by atoms with Gasteiger partial charge in [0, 0.05) is 24.3 Å².